The highest BCUT2D eigenvalue weighted by Crippen LogP contribution is 2.45. The van der Waals surface area contributed by atoms with Gasteiger partial charge in [0.1, 0.15) is 0 Å². The fourth-order valence-electron chi connectivity index (χ4n) is 2.58. The second-order valence-corrected chi connectivity index (χ2v) is 6.45. The van der Waals surface area contributed by atoms with Crippen molar-refractivity contribution in [1.29, 1.82) is 0 Å². The molecule has 1 heterocycles. The average Bonchev–Trinajstić information content (AvgIpc) is 2.97. The van der Waals surface area contributed by atoms with Gasteiger partial charge in [-0.1, -0.05) is 42.1 Å². The monoisotopic (exact) mass is 352 g/mol. The van der Waals surface area contributed by atoms with Gasteiger partial charge in [-0.3, -0.25) is 14.9 Å². The maximum absolute atomic E-state index is 12.3. The summed E-state index contributed by atoms with van der Waals surface area (Å²) in [4.78, 5) is 25.8. The number of anilines is 1. The third kappa shape index (κ3) is 3.80. The van der Waals surface area contributed by atoms with Gasteiger partial charge in [0.15, 0.2) is 5.78 Å². The number of para-hydroxylation sites is 1. The Balaban J connectivity index is 1.77. The average molecular weight is 352 g/mol. The molecule has 3 rings (SSSR count). The second kappa shape index (κ2) is 7.36. The van der Waals surface area contributed by atoms with E-state index < -0.39 is 4.92 Å². The molecular weight excluding hydrogens is 336 g/mol. The van der Waals surface area contributed by atoms with Crippen molar-refractivity contribution in [2.24, 2.45) is 0 Å². The summed E-state index contributed by atoms with van der Waals surface area (Å²) in [5.41, 5.74) is 1.74. The Bertz CT molecular complexity index is 890. The summed E-state index contributed by atoms with van der Waals surface area (Å²) in [6.07, 6.45) is 4.63. The number of nitro groups is 1. The molecule has 25 heavy (non-hydrogen) atoms. The topological polar surface area (TPSA) is 63.5 Å². The van der Waals surface area contributed by atoms with E-state index >= 15 is 0 Å². The molecule has 0 radical (unpaired) electrons. The van der Waals surface area contributed by atoms with Gasteiger partial charge in [-0.2, -0.15) is 0 Å². The van der Waals surface area contributed by atoms with E-state index in [1.165, 1.54) is 18.2 Å². The number of fused-ring (bicyclic) bond motifs is 1. The van der Waals surface area contributed by atoms with Crippen molar-refractivity contribution in [1.82, 2.24) is 0 Å². The standard InChI is InChI=1S/C19H16N2O3S/c1-2-20-17-8-3-4-9-18(17)25-19(20)13-16(22)11-10-14-6-5-7-15(12-14)21(23)24/h3-13H,2H2,1H3/b11-10-,19-13+. The Kier molecular flexibility index (Phi) is 5.00. The summed E-state index contributed by atoms with van der Waals surface area (Å²) < 4.78 is 0. The minimum absolute atomic E-state index is 0.00640. The molecule has 0 fully saturated rings. The smallest absolute Gasteiger partial charge is 0.270 e. The number of thioether (sulfide) groups is 1. The predicted molar refractivity (Wildman–Crippen MR) is 101 cm³/mol. The van der Waals surface area contributed by atoms with Gasteiger partial charge in [0.2, 0.25) is 0 Å². The summed E-state index contributed by atoms with van der Waals surface area (Å²) >= 11 is 1.57. The van der Waals surface area contributed by atoms with Crippen LogP contribution in [0.4, 0.5) is 11.4 Å². The number of hydrogen-bond donors (Lipinski definition) is 0. The van der Waals surface area contributed by atoms with E-state index in [0.29, 0.717) is 5.56 Å². The zero-order valence-electron chi connectivity index (χ0n) is 13.6. The van der Waals surface area contributed by atoms with Crippen LogP contribution in [-0.4, -0.2) is 17.3 Å². The van der Waals surface area contributed by atoms with Crippen LogP contribution < -0.4 is 4.90 Å². The van der Waals surface area contributed by atoms with Crippen molar-refractivity contribution in [2.75, 3.05) is 11.4 Å². The van der Waals surface area contributed by atoms with Crippen molar-refractivity contribution in [3.8, 4) is 0 Å². The molecule has 2 aromatic rings. The van der Waals surface area contributed by atoms with Crippen LogP contribution in [-0.2, 0) is 4.79 Å². The van der Waals surface area contributed by atoms with Gasteiger partial charge in [-0.05, 0) is 30.7 Å². The van der Waals surface area contributed by atoms with Crippen molar-refractivity contribution < 1.29 is 9.72 Å². The number of hydrogen-bond acceptors (Lipinski definition) is 5. The maximum Gasteiger partial charge on any atom is 0.270 e. The third-order valence-corrected chi connectivity index (χ3v) is 4.85. The van der Waals surface area contributed by atoms with Crippen molar-refractivity contribution in [3.63, 3.8) is 0 Å². The normalized spacial score (nSPS) is 14.9. The van der Waals surface area contributed by atoms with Crippen molar-refractivity contribution in [2.45, 2.75) is 11.8 Å². The van der Waals surface area contributed by atoms with Crippen LogP contribution in [0.5, 0.6) is 0 Å². The molecule has 0 amide bonds. The molecule has 0 atom stereocenters. The van der Waals surface area contributed by atoms with E-state index in [-0.39, 0.29) is 11.5 Å². The Morgan fingerprint density at radius 2 is 2.04 bits per heavy atom. The number of allylic oxidation sites excluding steroid dienone is 2. The first-order chi connectivity index (χ1) is 12.1. The van der Waals surface area contributed by atoms with E-state index in [9.17, 15) is 14.9 Å². The molecule has 2 aromatic carbocycles. The highest BCUT2D eigenvalue weighted by Gasteiger charge is 2.23. The number of nitro benzene ring substituents is 1. The van der Waals surface area contributed by atoms with E-state index in [2.05, 4.69) is 4.90 Å². The molecule has 0 aromatic heterocycles. The highest BCUT2D eigenvalue weighted by atomic mass is 32.2. The second-order valence-electron chi connectivity index (χ2n) is 5.38. The first-order valence-electron chi connectivity index (χ1n) is 7.81. The Morgan fingerprint density at radius 3 is 2.80 bits per heavy atom. The minimum atomic E-state index is -0.452. The van der Waals surface area contributed by atoms with E-state index in [0.717, 1.165) is 22.2 Å². The molecule has 0 N–H and O–H groups in total. The van der Waals surface area contributed by atoms with Gasteiger partial charge in [-0.15, -0.1) is 0 Å². The lowest BCUT2D eigenvalue weighted by Crippen LogP contribution is -2.17. The van der Waals surface area contributed by atoms with Crippen LogP contribution in [0.25, 0.3) is 6.08 Å². The lowest BCUT2D eigenvalue weighted by molar-refractivity contribution is -0.384. The Labute approximate surface area is 149 Å². The first-order valence-corrected chi connectivity index (χ1v) is 8.62. The summed E-state index contributed by atoms with van der Waals surface area (Å²) in [5.74, 6) is -0.153. The van der Waals surface area contributed by atoms with Crippen LogP contribution in [0.2, 0.25) is 0 Å². The number of ketones is 1. The zero-order valence-corrected chi connectivity index (χ0v) is 14.4. The van der Waals surface area contributed by atoms with E-state index in [4.69, 9.17) is 0 Å². The SMILES string of the molecule is CCN1/C(=C\C(=O)/C=C\c2cccc([N+](=O)[O-])c2)Sc2ccccc21. The van der Waals surface area contributed by atoms with Crippen molar-refractivity contribution >= 4 is 35.0 Å². The summed E-state index contributed by atoms with van der Waals surface area (Å²) in [7, 11) is 0. The van der Waals surface area contributed by atoms with Crippen LogP contribution in [0.1, 0.15) is 12.5 Å². The molecule has 1 aliphatic heterocycles. The molecule has 0 aliphatic carbocycles. The quantitative estimate of drug-likeness (QED) is 0.445. The van der Waals surface area contributed by atoms with Gasteiger partial charge >= 0.3 is 0 Å². The highest BCUT2D eigenvalue weighted by molar-refractivity contribution is 8.03. The number of nitrogens with zero attached hydrogens (tertiary/aromatic N) is 2. The lowest BCUT2D eigenvalue weighted by atomic mass is 10.1. The fraction of sp³-hybridized carbons (Fsp3) is 0.105. The number of benzene rings is 2. The summed E-state index contributed by atoms with van der Waals surface area (Å²) in [5, 5.41) is 11.7. The fourth-order valence-corrected chi connectivity index (χ4v) is 3.74. The minimum Gasteiger partial charge on any atom is -0.335 e. The number of carbonyl (C=O) groups excluding carboxylic acids is 1. The largest absolute Gasteiger partial charge is 0.335 e. The molecular formula is C19H16N2O3S. The third-order valence-electron chi connectivity index (χ3n) is 3.74. The number of rotatable bonds is 5. The lowest BCUT2D eigenvalue weighted by Gasteiger charge is -2.17. The Morgan fingerprint density at radius 1 is 1.24 bits per heavy atom. The molecule has 0 spiro atoms. The molecule has 0 saturated carbocycles. The molecule has 0 bridgehead atoms. The molecule has 6 heteroatoms. The van der Waals surface area contributed by atoms with E-state index in [1.54, 1.807) is 36.0 Å². The molecule has 5 nitrogen and oxygen atoms in total. The maximum atomic E-state index is 12.3. The number of non-ortho nitro benzene ring substituents is 1. The Hall–Kier alpha value is -2.86. The van der Waals surface area contributed by atoms with Crippen LogP contribution in [0.3, 0.4) is 0 Å². The van der Waals surface area contributed by atoms with Gasteiger partial charge < -0.3 is 4.90 Å². The molecule has 1 aliphatic rings. The first kappa shape index (κ1) is 17.0. The molecule has 0 saturated heterocycles. The van der Waals surface area contributed by atoms with Gasteiger partial charge in [0.25, 0.3) is 5.69 Å². The van der Waals surface area contributed by atoms with Gasteiger partial charge in [0.05, 0.1) is 15.6 Å². The van der Waals surface area contributed by atoms with Crippen LogP contribution in [0, 0.1) is 10.1 Å². The summed E-state index contributed by atoms with van der Waals surface area (Å²) in [6, 6.07) is 14.2. The van der Waals surface area contributed by atoms with E-state index in [1.807, 2.05) is 31.2 Å². The van der Waals surface area contributed by atoms with Gasteiger partial charge in [-0.25, -0.2) is 0 Å². The molecule has 126 valence electrons. The number of carbonyl (C=O) groups is 1. The predicted octanol–water partition coefficient (Wildman–Crippen LogP) is 4.65. The summed E-state index contributed by atoms with van der Waals surface area (Å²) in [6.45, 7) is 2.82. The zero-order chi connectivity index (χ0) is 17.8. The van der Waals surface area contributed by atoms with Crippen LogP contribution in [0.15, 0.2) is 70.6 Å². The van der Waals surface area contributed by atoms with Crippen LogP contribution >= 0.6 is 11.8 Å². The van der Waals surface area contributed by atoms with Crippen molar-refractivity contribution in [3.05, 3.63) is 81.4 Å². The molecule has 0 unspecified atom stereocenters. The van der Waals surface area contributed by atoms with Gasteiger partial charge in [0, 0.05) is 29.6 Å².